The lowest BCUT2D eigenvalue weighted by atomic mass is 9.69. The number of nitrogens with one attached hydrogen (secondary N) is 1. The van der Waals surface area contributed by atoms with E-state index in [4.69, 9.17) is 14.7 Å². The number of alkyl halides is 1. The number of aromatic nitrogens is 2. The molecular weight excluding hydrogens is 455 g/mol. The molecule has 2 fully saturated rings. The SMILES string of the molecule is CN1C[C@H](F)C[C@H]1COc1nc2c(c(N3CCN[C@@H](CC#N)C3)n1)CCC1(CCc3ccccc31)C2. The number of aryl methyl sites for hydroxylation is 1. The summed E-state index contributed by atoms with van der Waals surface area (Å²) >= 11 is 0. The smallest absolute Gasteiger partial charge is 0.318 e. The topological polar surface area (TPSA) is 77.3 Å². The van der Waals surface area contributed by atoms with Crippen molar-refractivity contribution in [3.63, 3.8) is 0 Å². The molecule has 4 atom stereocenters. The molecule has 2 aliphatic carbocycles. The van der Waals surface area contributed by atoms with Gasteiger partial charge < -0.3 is 15.0 Å². The summed E-state index contributed by atoms with van der Waals surface area (Å²) in [6.45, 7) is 3.26. The number of fused-ring (bicyclic) bond motifs is 3. The third-order valence-electron chi connectivity index (χ3n) is 8.81. The van der Waals surface area contributed by atoms with E-state index in [9.17, 15) is 9.65 Å². The second-order valence-corrected chi connectivity index (χ2v) is 11.1. The van der Waals surface area contributed by atoms with E-state index in [0.717, 1.165) is 63.3 Å². The van der Waals surface area contributed by atoms with E-state index in [1.54, 1.807) is 0 Å². The fraction of sp³-hybridized carbons (Fsp3) is 0.607. The Balaban J connectivity index is 1.32. The monoisotopic (exact) mass is 490 g/mol. The number of likely N-dealkylation sites (N-methyl/N-ethyl adjacent to an activating group) is 1. The molecule has 190 valence electrons. The molecule has 8 heteroatoms. The van der Waals surface area contributed by atoms with E-state index in [1.807, 2.05) is 11.9 Å². The first-order valence-corrected chi connectivity index (χ1v) is 13.4. The molecule has 0 saturated carbocycles. The fourth-order valence-electron chi connectivity index (χ4n) is 6.85. The molecule has 36 heavy (non-hydrogen) atoms. The van der Waals surface area contributed by atoms with Crippen LogP contribution in [-0.2, 0) is 24.7 Å². The molecule has 2 aliphatic heterocycles. The zero-order chi connectivity index (χ0) is 24.7. The van der Waals surface area contributed by atoms with Gasteiger partial charge in [-0.15, -0.1) is 0 Å². The van der Waals surface area contributed by atoms with Gasteiger partial charge in [0.05, 0.1) is 18.2 Å². The third-order valence-corrected chi connectivity index (χ3v) is 8.81. The number of hydrogen-bond donors (Lipinski definition) is 1. The van der Waals surface area contributed by atoms with E-state index in [1.165, 1.54) is 16.7 Å². The van der Waals surface area contributed by atoms with Crippen LogP contribution < -0.4 is 15.0 Å². The highest BCUT2D eigenvalue weighted by Gasteiger charge is 2.43. The van der Waals surface area contributed by atoms with Crippen LogP contribution in [0.1, 0.15) is 48.1 Å². The van der Waals surface area contributed by atoms with Crippen molar-refractivity contribution in [1.82, 2.24) is 20.2 Å². The summed E-state index contributed by atoms with van der Waals surface area (Å²) in [6.07, 6.45) is 5.39. The molecule has 6 rings (SSSR count). The lowest BCUT2D eigenvalue weighted by Crippen LogP contribution is -2.51. The minimum Gasteiger partial charge on any atom is -0.462 e. The molecule has 2 aromatic rings. The van der Waals surface area contributed by atoms with Gasteiger partial charge in [0.2, 0.25) is 0 Å². The number of halogens is 1. The van der Waals surface area contributed by atoms with Crippen LogP contribution in [0.25, 0.3) is 0 Å². The van der Waals surface area contributed by atoms with Crippen LogP contribution in [0, 0.1) is 11.3 Å². The number of ether oxygens (including phenoxy) is 1. The summed E-state index contributed by atoms with van der Waals surface area (Å²) < 4.78 is 20.1. The molecule has 4 aliphatic rings. The summed E-state index contributed by atoms with van der Waals surface area (Å²) in [6, 6.07) is 11.7. The van der Waals surface area contributed by atoms with Crippen LogP contribution in [-0.4, -0.2) is 73.0 Å². The average Bonchev–Trinajstić information content (AvgIpc) is 3.41. The Bertz CT molecular complexity index is 1170. The summed E-state index contributed by atoms with van der Waals surface area (Å²) in [7, 11) is 1.95. The Morgan fingerprint density at radius 1 is 1.22 bits per heavy atom. The number of rotatable bonds is 5. The Morgan fingerprint density at radius 2 is 2.08 bits per heavy atom. The predicted molar refractivity (Wildman–Crippen MR) is 136 cm³/mol. The standard InChI is InChI=1S/C28H35FN6O/c1-34-16-20(29)14-22(34)18-36-27-32-25-15-28(9-6-19-4-2-3-5-24(19)28)10-7-23(25)26(33-27)35-13-12-31-21(17-35)8-11-30/h2-5,20-22,31H,6-10,12-18H2,1H3/t20-,21+,22+,28?/m1/s1. The van der Waals surface area contributed by atoms with Crippen LogP contribution in [0.4, 0.5) is 10.2 Å². The van der Waals surface area contributed by atoms with Gasteiger partial charge in [0.1, 0.15) is 18.6 Å². The van der Waals surface area contributed by atoms with Crippen molar-refractivity contribution >= 4 is 5.82 Å². The second kappa shape index (κ2) is 9.60. The lowest BCUT2D eigenvalue weighted by Gasteiger charge is -2.39. The largest absolute Gasteiger partial charge is 0.462 e. The Labute approximate surface area is 212 Å². The molecule has 7 nitrogen and oxygen atoms in total. The van der Waals surface area contributed by atoms with Crippen molar-refractivity contribution in [2.75, 3.05) is 44.7 Å². The van der Waals surface area contributed by atoms with E-state index in [0.29, 0.717) is 32.0 Å². The first-order valence-electron chi connectivity index (χ1n) is 13.4. The molecule has 2 saturated heterocycles. The maximum Gasteiger partial charge on any atom is 0.318 e. The van der Waals surface area contributed by atoms with Crippen molar-refractivity contribution in [2.45, 2.75) is 68.6 Å². The molecule has 1 spiro atoms. The van der Waals surface area contributed by atoms with Gasteiger partial charge in [-0.3, -0.25) is 4.90 Å². The van der Waals surface area contributed by atoms with Crippen molar-refractivity contribution in [3.8, 4) is 12.1 Å². The summed E-state index contributed by atoms with van der Waals surface area (Å²) in [5, 5.41) is 12.7. The van der Waals surface area contributed by atoms with Crippen LogP contribution in [0.15, 0.2) is 24.3 Å². The third kappa shape index (κ3) is 4.33. The first kappa shape index (κ1) is 23.6. The molecular formula is C28H35FN6O. The summed E-state index contributed by atoms with van der Waals surface area (Å²) in [5.41, 5.74) is 5.41. The molecule has 0 bridgehead atoms. The molecule has 1 unspecified atom stereocenters. The fourth-order valence-corrected chi connectivity index (χ4v) is 6.85. The van der Waals surface area contributed by atoms with Gasteiger partial charge in [-0.2, -0.15) is 15.2 Å². The number of nitrogens with zero attached hydrogens (tertiary/aromatic N) is 5. The zero-order valence-electron chi connectivity index (χ0n) is 21.0. The van der Waals surface area contributed by atoms with E-state index >= 15 is 0 Å². The number of anilines is 1. The second-order valence-electron chi connectivity index (χ2n) is 11.1. The summed E-state index contributed by atoms with van der Waals surface area (Å²) in [5.74, 6) is 0.962. The zero-order valence-corrected chi connectivity index (χ0v) is 21.0. The maximum atomic E-state index is 13.9. The van der Waals surface area contributed by atoms with Crippen LogP contribution >= 0.6 is 0 Å². The van der Waals surface area contributed by atoms with Crippen molar-refractivity contribution < 1.29 is 9.13 Å². The highest BCUT2D eigenvalue weighted by Crippen LogP contribution is 2.48. The molecule has 0 radical (unpaired) electrons. The highest BCUT2D eigenvalue weighted by atomic mass is 19.1. The Morgan fingerprint density at radius 3 is 2.92 bits per heavy atom. The van der Waals surface area contributed by atoms with Gasteiger partial charge in [-0.25, -0.2) is 4.39 Å². The van der Waals surface area contributed by atoms with Crippen molar-refractivity contribution in [1.29, 1.82) is 5.26 Å². The van der Waals surface area contributed by atoms with Gasteiger partial charge in [-0.1, -0.05) is 24.3 Å². The first-order chi connectivity index (χ1) is 17.5. The molecule has 0 amide bonds. The van der Waals surface area contributed by atoms with Crippen LogP contribution in [0.3, 0.4) is 0 Å². The van der Waals surface area contributed by atoms with Crippen LogP contribution in [0.2, 0.25) is 0 Å². The van der Waals surface area contributed by atoms with Gasteiger partial charge in [0.25, 0.3) is 0 Å². The minimum atomic E-state index is -0.802. The van der Waals surface area contributed by atoms with Gasteiger partial charge in [0, 0.05) is 49.2 Å². The Kier molecular flexibility index (Phi) is 6.30. The average molecular weight is 491 g/mol. The highest BCUT2D eigenvalue weighted by molar-refractivity contribution is 5.54. The quantitative estimate of drug-likeness (QED) is 0.691. The number of likely N-dealkylation sites (tertiary alicyclic amines) is 1. The van der Waals surface area contributed by atoms with E-state index in [-0.39, 0.29) is 17.5 Å². The number of hydrogen-bond acceptors (Lipinski definition) is 7. The van der Waals surface area contributed by atoms with Crippen molar-refractivity contribution in [3.05, 3.63) is 46.6 Å². The molecule has 3 heterocycles. The summed E-state index contributed by atoms with van der Waals surface area (Å²) in [4.78, 5) is 14.3. The normalized spacial score (nSPS) is 29.7. The predicted octanol–water partition coefficient (Wildman–Crippen LogP) is 2.96. The maximum absolute atomic E-state index is 13.9. The van der Waals surface area contributed by atoms with E-state index in [2.05, 4.69) is 40.6 Å². The Hall–Kier alpha value is -2.76. The molecule has 1 N–H and O–H groups in total. The number of nitriles is 1. The van der Waals surface area contributed by atoms with Gasteiger partial charge in [-0.05, 0) is 56.7 Å². The molecule has 1 aromatic carbocycles. The van der Waals surface area contributed by atoms with Gasteiger partial charge in [0.15, 0.2) is 0 Å². The van der Waals surface area contributed by atoms with Crippen molar-refractivity contribution in [2.24, 2.45) is 0 Å². The lowest BCUT2D eigenvalue weighted by molar-refractivity contribution is 0.186. The number of benzene rings is 1. The number of piperazine rings is 1. The van der Waals surface area contributed by atoms with Crippen LogP contribution in [0.5, 0.6) is 6.01 Å². The van der Waals surface area contributed by atoms with Gasteiger partial charge >= 0.3 is 6.01 Å². The van der Waals surface area contributed by atoms with E-state index < -0.39 is 6.17 Å². The minimum absolute atomic E-state index is 0.0373. The molecule has 1 aromatic heterocycles.